The van der Waals surface area contributed by atoms with Crippen molar-refractivity contribution in [1.29, 1.82) is 0 Å². The van der Waals surface area contributed by atoms with Crippen LogP contribution in [0, 0.1) is 0 Å². The predicted octanol–water partition coefficient (Wildman–Crippen LogP) is 1.93. The number of hydrogen-bond acceptors (Lipinski definition) is 6. The highest BCUT2D eigenvalue weighted by Crippen LogP contribution is 2.32. The summed E-state index contributed by atoms with van der Waals surface area (Å²) >= 11 is 0. The molecule has 1 N–H and O–H groups in total. The molecule has 0 atom stereocenters. The monoisotopic (exact) mass is 343 g/mol. The Morgan fingerprint density at radius 1 is 1.16 bits per heavy atom. The second kappa shape index (κ2) is 7.57. The number of benzene rings is 2. The van der Waals surface area contributed by atoms with Crippen LogP contribution in [0.15, 0.2) is 36.4 Å². The second-order valence-corrected chi connectivity index (χ2v) is 5.28. The number of fused-ring (bicyclic) bond motifs is 1. The van der Waals surface area contributed by atoms with Crippen LogP contribution < -0.4 is 24.3 Å². The molecule has 0 aromatic heterocycles. The molecule has 0 unspecified atom stereocenters. The van der Waals surface area contributed by atoms with Crippen LogP contribution in [-0.4, -0.2) is 32.7 Å². The summed E-state index contributed by atoms with van der Waals surface area (Å²) < 4.78 is 21.1. The first-order valence-electron chi connectivity index (χ1n) is 7.61. The van der Waals surface area contributed by atoms with Gasteiger partial charge in [0.2, 0.25) is 6.79 Å². The van der Waals surface area contributed by atoms with E-state index in [1.165, 1.54) is 7.11 Å². The van der Waals surface area contributed by atoms with E-state index >= 15 is 0 Å². The van der Waals surface area contributed by atoms with Gasteiger partial charge in [-0.05, 0) is 35.9 Å². The lowest BCUT2D eigenvalue weighted by molar-refractivity contribution is -0.123. The molecule has 1 amide bonds. The third-order valence-corrected chi connectivity index (χ3v) is 3.61. The molecule has 7 heteroatoms. The first kappa shape index (κ1) is 16.6. The molecule has 1 aliphatic rings. The number of ether oxygens (including phenoxy) is 4. The fourth-order valence-corrected chi connectivity index (χ4v) is 2.32. The Kier molecular flexibility index (Phi) is 5.03. The molecule has 130 valence electrons. The van der Waals surface area contributed by atoms with Gasteiger partial charge in [-0.1, -0.05) is 6.07 Å². The van der Waals surface area contributed by atoms with Crippen molar-refractivity contribution in [3.05, 3.63) is 47.5 Å². The maximum atomic E-state index is 12.0. The Labute approximate surface area is 144 Å². The molecule has 1 aliphatic heterocycles. The van der Waals surface area contributed by atoms with Crippen molar-refractivity contribution in [3.63, 3.8) is 0 Å². The molecular weight excluding hydrogens is 326 g/mol. The maximum absolute atomic E-state index is 12.0. The predicted molar refractivity (Wildman–Crippen MR) is 88.3 cm³/mol. The van der Waals surface area contributed by atoms with Crippen molar-refractivity contribution in [2.45, 2.75) is 6.54 Å². The summed E-state index contributed by atoms with van der Waals surface area (Å²) in [6.45, 7) is 0.394. The minimum Gasteiger partial charge on any atom is -0.493 e. The minimum atomic E-state index is -0.279. The first-order chi connectivity index (χ1) is 12.2. The summed E-state index contributed by atoms with van der Waals surface area (Å²) in [7, 11) is 1.47. The van der Waals surface area contributed by atoms with E-state index in [4.69, 9.17) is 18.9 Å². The Morgan fingerprint density at radius 2 is 2.00 bits per heavy atom. The van der Waals surface area contributed by atoms with Gasteiger partial charge in [0.25, 0.3) is 5.91 Å². The van der Waals surface area contributed by atoms with Crippen LogP contribution in [0.3, 0.4) is 0 Å². The van der Waals surface area contributed by atoms with E-state index in [0.29, 0.717) is 41.4 Å². The Hall–Kier alpha value is -3.22. The third kappa shape index (κ3) is 4.00. The number of carbonyl (C=O) groups excluding carboxylic acids is 2. The molecule has 0 saturated carbocycles. The highest BCUT2D eigenvalue weighted by molar-refractivity contribution is 5.78. The van der Waals surface area contributed by atoms with Crippen molar-refractivity contribution in [1.82, 2.24) is 5.32 Å². The molecule has 0 spiro atoms. The van der Waals surface area contributed by atoms with Gasteiger partial charge < -0.3 is 24.3 Å². The highest BCUT2D eigenvalue weighted by Gasteiger charge is 2.14. The van der Waals surface area contributed by atoms with Gasteiger partial charge in [0.1, 0.15) is 6.29 Å². The van der Waals surface area contributed by atoms with E-state index in [0.717, 1.165) is 5.56 Å². The number of rotatable bonds is 7. The molecule has 0 aliphatic carbocycles. The van der Waals surface area contributed by atoms with Crippen LogP contribution in [0.1, 0.15) is 15.9 Å². The van der Waals surface area contributed by atoms with Crippen LogP contribution in [0.25, 0.3) is 0 Å². The average molecular weight is 343 g/mol. The first-order valence-corrected chi connectivity index (χ1v) is 7.61. The van der Waals surface area contributed by atoms with Crippen molar-refractivity contribution in [2.75, 3.05) is 20.5 Å². The topological polar surface area (TPSA) is 83.1 Å². The Balaban J connectivity index is 1.52. The zero-order valence-corrected chi connectivity index (χ0v) is 13.6. The van der Waals surface area contributed by atoms with E-state index < -0.39 is 0 Å². The van der Waals surface area contributed by atoms with E-state index in [2.05, 4.69) is 5.32 Å². The van der Waals surface area contributed by atoms with Gasteiger partial charge >= 0.3 is 0 Å². The lowest BCUT2D eigenvalue weighted by Crippen LogP contribution is -2.28. The summed E-state index contributed by atoms with van der Waals surface area (Å²) in [5.41, 5.74) is 1.36. The quantitative estimate of drug-likeness (QED) is 0.774. The van der Waals surface area contributed by atoms with Crippen molar-refractivity contribution < 1.29 is 28.5 Å². The minimum absolute atomic E-state index is 0.165. The summed E-state index contributed by atoms with van der Waals surface area (Å²) in [6.07, 6.45) is 0.713. The number of carbonyl (C=O) groups is 2. The largest absolute Gasteiger partial charge is 0.493 e. The van der Waals surface area contributed by atoms with E-state index in [1.54, 1.807) is 24.3 Å². The summed E-state index contributed by atoms with van der Waals surface area (Å²) in [5.74, 6) is 1.88. The van der Waals surface area contributed by atoms with E-state index in [-0.39, 0.29) is 19.3 Å². The van der Waals surface area contributed by atoms with E-state index in [9.17, 15) is 9.59 Å². The maximum Gasteiger partial charge on any atom is 0.258 e. The highest BCUT2D eigenvalue weighted by atomic mass is 16.7. The molecule has 1 heterocycles. The Bertz CT molecular complexity index is 789. The van der Waals surface area contributed by atoms with Crippen LogP contribution in [0.5, 0.6) is 23.0 Å². The van der Waals surface area contributed by atoms with Gasteiger partial charge in [-0.15, -0.1) is 0 Å². The SMILES string of the molecule is COc1cc(C=O)ccc1OCC(=O)NCc1ccc2c(c1)OCO2. The summed E-state index contributed by atoms with van der Waals surface area (Å²) in [5, 5.41) is 2.76. The van der Waals surface area contributed by atoms with Crippen molar-refractivity contribution in [3.8, 4) is 23.0 Å². The van der Waals surface area contributed by atoms with E-state index in [1.807, 2.05) is 12.1 Å². The van der Waals surface area contributed by atoms with Gasteiger partial charge in [-0.25, -0.2) is 0 Å². The molecule has 0 saturated heterocycles. The van der Waals surface area contributed by atoms with Gasteiger partial charge in [-0.3, -0.25) is 9.59 Å². The van der Waals surface area contributed by atoms with Gasteiger partial charge in [0, 0.05) is 12.1 Å². The lowest BCUT2D eigenvalue weighted by Gasteiger charge is -2.11. The van der Waals surface area contributed by atoms with Gasteiger partial charge in [0.15, 0.2) is 29.6 Å². The average Bonchev–Trinajstić information content (AvgIpc) is 3.12. The lowest BCUT2D eigenvalue weighted by atomic mass is 10.2. The van der Waals surface area contributed by atoms with Crippen LogP contribution >= 0.6 is 0 Å². The molecule has 0 fully saturated rings. The summed E-state index contributed by atoms with van der Waals surface area (Å²) in [6, 6.07) is 10.2. The standard InChI is InChI=1S/C18H17NO6/c1-22-16-7-13(9-20)3-5-14(16)23-10-18(21)19-8-12-2-4-15-17(6-12)25-11-24-15/h2-7,9H,8,10-11H2,1H3,(H,19,21). The molecule has 0 radical (unpaired) electrons. The zero-order chi connectivity index (χ0) is 17.6. The molecule has 3 rings (SSSR count). The van der Waals surface area contributed by atoms with Crippen molar-refractivity contribution >= 4 is 12.2 Å². The molecule has 2 aromatic carbocycles. The smallest absolute Gasteiger partial charge is 0.258 e. The normalized spacial score (nSPS) is 11.7. The summed E-state index contributed by atoms with van der Waals surface area (Å²) in [4.78, 5) is 22.7. The van der Waals surface area contributed by atoms with Gasteiger partial charge in [0.05, 0.1) is 7.11 Å². The third-order valence-electron chi connectivity index (χ3n) is 3.61. The molecule has 25 heavy (non-hydrogen) atoms. The van der Waals surface area contributed by atoms with Crippen LogP contribution in [0.2, 0.25) is 0 Å². The number of nitrogens with one attached hydrogen (secondary N) is 1. The number of amides is 1. The Morgan fingerprint density at radius 3 is 2.80 bits per heavy atom. The fourth-order valence-electron chi connectivity index (χ4n) is 2.32. The second-order valence-electron chi connectivity index (χ2n) is 5.28. The molecule has 7 nitrogen and oxygen atoms in total. The van der Waals surface area contributed by atoms with Crippen LogP contribution in [-0.2, 0) is 11.3 Å². The zero-order valence-electron chi connectivity index (χ0n) is 13.6. The molecular formula is C18H17NO6. The van der Waals surface area contributed by atoms with Gasteiger partial charge in [-0.2, -0.15) is 0 Å². The molecule has 2 aromatic rings. The molecule has 0 bridgehead atoms. The number of aldehydes is 1. The van der Waals surface area contributed by atoms with Crippen LogP contribution in [0.4, 0.5) is 0 Å². The number of methoxy groups -OCH3 is 1. The van der Waals surface area contributed by atoms with Crippen molar-refractivity contribution in [2.24, 2.45) is 0 Å². The fraction of sp³-hybridized carbons (Fsp3) is 0.222. The number of hydrogen-bond donors (Lipinski definition) is 1.